The van der Waals surface area contributed by atoms with Crippen LogP contribution in [0.2, 0.25) is 0 Å². The van der Waals surface area contributed by atoms with E-state index in [0.29, 0.717) is 5.92 Å². The first-order valence-electron chi connectivity index (χ1n) is 7.33. The highest BCUT2D eigenvalue weighted by atomic mass is 16.6. The van der Waals surface area contributed by atoms with Gasteiger partial charge < -0.3 is 10.5 Å². The van der Waals surface area contributed by atoms with Gasteiger partial charge in [-0.3, -0.25) is 4.79 Å². The molecule has 0 unspecified atom stereocenters. The Morgan fingerprint density at radius 2 is 1.83 bits per heavy atom. The third-order valence-electron chi connectivity index (χ3n) is 3.81. The van der Waals surface area contributed by atoms with Crippen molar-refractivity contribution in [1.29, 1.82) is 0 Å². The Kier molecular flexibility index (Phi) is 5.64. The van der Waals surface area contributed by atoms with E-state index in [0.717, 1.165) is 6.42 Å². The molecule has 1 aliphatic carbocycles. The Morgan fingerprint density at radius 1 is 1.28 bits per heavy atom. The maximum atomic E-state index is 12.2. The predicted octanol–water partition coefficient (Wildman–Crippen LogP) is 3.26. The van der Waals surface area contributed by atoms with Crippen molar-refractivity contribution >= 4 is 5.97 Å². The van der Waals surface area contributed by atoms with Crippen LogP contribution in [0.15, 0.2) is 0 Å². The van der Waals surface area contributed by atoms with Gasteiger partial charge in [0.1, 0.15) is 5.60 Å². The van der Waals surface area contributed by atoms with Crippen LogP contribution in [0.1, 0.15) is 66.2 Å². The van der Waals surface area contributed by atoms with Gasteiger partial charge in [0.15, 0.2) is 0 Å². The molecule has 0 aromatic rings. The zero-order valence-corrected chi connectivity index (χ0v) is 12.4. The van der Waals surface area contributed by atoms with Crippen LogP contribution in [-0.4, -0.2) is 17.6 Å². The molecule has 3 heteroatoms. The molecule has 1 aliphatic rings. The minimum Gasteiger partial charge on any atom is -0.460 e. The standard InChI is InChI=1S/C15H29NO2/c1-5-12(14(17)18-15(2,3)4)13(16)11-9-7-6-8-10-11/h11-13H,5-10,16H2,1-4H3/t12-,13-/m0/s1. The normalized spacial score (nSPS) is 21.4. The topological polar surface area (TPSA) is 52.3 Å². The molecule has 0 radical (unpaired) electrons. The molecule has 0 amide bonds. The monoisotopic (exact) mass is 255 g/mol. The van der Waals surface area contributed by atoms with E-state index in [2.05, 4.69) is 0 Å². The minimum absolute atomic E-state index is 0.0369. The van der Waals surface area contributed by atoms with Crippen molar-refractivity contribution in [3.63, 3.8) is 0 Å². The summed E-state index contributed by atoms with van der Waals surface area (Å²) in [7, 11) is 0. The van der Waals surface area contributed by atoms with Crippen molar-refractivity contribution in [3.05, 3.63) is 0 Å². The number of esters is 1. The second-order valence-electron chi connectivity index (χ2n) is 6.52. The summed E-state index contributed by atoms with van der Waals surface area (Å²) in [5, 5.41) is 0. The molecular formula is C15H29NO2. The maximum absolute atomic E-state index is 12.2. The number of ether oxygens (including phenoxy) is 1. The molecule has 0 aromatic carbocycles. The molecule has 2 atom stereocenters. The summed E-state index contributed by atoms with van der Waals surface area (Å²) < 4.78 is 5.48. The largest absolute Gasteiger partial charge is 0.460 e. The molecule has 0 aliphatic heterocycles. The van der Waals surface area contributed by atoms with Crippen LogP contribution in [0.4, 0.5) is 0 Å². The number of nitrogens with two attached hydrogens (primary N) is 1. The number of carbonyl (C=O) groups is 1. The summed E-state index contributed by atoms with van der Waals surface area (Å²) in [4.78, 5) is 12.2. The van der Waals surface area contributed by atoms with Crippen molar-refractivity contribution in [2.24, 2.45) is 17.6 Å². The maximum Gasteiger partial charge on any atom is 0.311 e. The van der Waals surface area contributed by atoms with Crippen LogP contribution in [0.3, 0.4) is 0 Å². The number of carbonyl (C=O) groups excluding carboxylic acids is 1. The smallest absolute Gasteiger partial charge is 0.311 e. The molecular weight excluding hydrogens is 226 g/mol. The summed E-state index contributed by atoms with van der Waals surface area (Å²) in [6.07, 6.45) is 6.92. The van der Waals surface area contributed by atoms with E-state index in [1.807, 2.05) is 27.7 Å². The van der Waals surface area contributed by atoms with Gasteiger partial charge in [-0.25, -0.2) is 0 Å². The second kappa shape index (κ2) is 6.55. The molecule has 1 saturated carbocycles. The highest BCUT2D eigenvalue weighted by molar-refractivity contribution is 5.73. The van der Waals surface area contributed by atoms with Gasteiger partial charge in [-0.15, -0.1) is 0 Å². The molecule has 0 saturated heterocycles. The first kappa shape index (κ1) is 15.5. The molecule has 18 heavy (non-hydrogen) atoms. The van der Waals surface area contributed by atoms with Crippen molar-refractivity contribution in [3.8, 4) is 0 Å². The molecule has 106 valence electrons. The Morgan fingerprint density at radius 3 is 2.28 bits per heavy atom. The lowest BCUT2D eigenvalue weighted by Gasteiger charge is -2.33. The molecule has 3 nitrogen and oxygen atoms in total. The van der Waals surface area contributed by atoms with Gasteiger partial charge in [-0.05, 0) is 46.0 Å². The molecule has 0 aromatic heterocycles. The zero-order chi connectivity index (χ0) is 13.8. The zero-order valence-electron chi connectivity index (χ0n) is 12.4. The third-order valence-corrected chi connectivity index (χ3v) is 3.81. The fourth-order valence-electron chi connectivity index (χ4n) is 2.82. The molecule has 0 heterocycles. The summed E-state index contributed by atoms with van der Waals surface area (Å²) in [5.74, 6) is 0.228. The van der Waals surface area contributed by atoms with E-state index in [1.165, 1.54) is 32.1 Å². The Bertz CT molecular complexity index is 264. The number of rotatable bonds is 4. The van der Waals surface area contributed by atoms with Gasteiger partial charge in [-0.2, -0.15) is 0 Å². The van der Waals surface area contributed by atoms with Gasteiger partial charge in [0.05, 0.1) is 5.92 Å². The van der Waals surface area contributed by atoms with E-state index >= 15 is 0 Å². The van der Waals surface area contributed by atoms with Crippen molar-refractivity contribution in [1.82, 2.24) is 0 Å². The van der Waals surface area contributed by atoms with Gasteiger partial charge in [-0.1, -0.05) is 26.2 Å². The molecule has 0 bridgehead atoms. The average Bonchev–Trinajstić information content (AvgIpc) is 2.28. The van der Waals surface area contributed by atoms with Crippen LogP contribution in [0.25, 0.3) is 0 Å². The fourth-order valence-corrected chi connectivity index (χ4v) is 2.82. The minimum atomic E-state index is -0.420. The summed E-state index contributed by atoms with van der Waals surface area (Å²) in [6.45, 7) is 7.74. The fraction of sp³-hybridized carbons (Fsp3) is 0.933. The van der Waals surface area contributed by atoms with Gasteiger partial charge in [0, 0.05) is 6.04 Å². The van der Waals surface area contributed by atoms with Crippen molar-refractivity contribution in [2.45, 2.75) is 77.9 Å². The lowest BCUT2D eigenvalue weighted by Crippen LogP contribution is -2.44. The van der Waals surface area contributed by atoms with Crippen LogP contribution in [0, 0.1) is 11.8 Å². The first-order valence-corrected chi connectivity index (χ1v) is 7.33. The van der Waals surface area contributed by atoms with Gasteiger partial charge >= 0.3 is 5.97 Å². The summed E-state index contributed by atoms with van der Waals surface area (Å²) in [6, 6.07) is -0.0369. The highest BCUT2D eigenvalue weighted by Gasteiger charge is 2.33. The average molecular weight is 255 g/mol. The Hall–Kier alpha value is -0.570. The van der Waals surface area contributed by atoms with Crippen LogP contribution in [-0.2, 0) is 9.53 Å². The summed E-state index contributed by atoms with van der Waals surface area (Å²) >= 11 is 0. The Labute approximate surface area is 111 Å². The number of hydrogen-bond acceptors (Lipinski definition) is 3. The highest BCUT2D eigenvalue weighted by Crippen LogP contribution is 2.30. The van der Waals surface area contributed by atoms with Gasteiger partial charge in [0.2, 0.25) is 0 Å². The van der Waals surface area contributed by atoms with E-state index in [1.54, 1.807) is 0 Å². The predicted molar refractivity (Wildman–Crippen MR) is 74.2 cm³/mol. The molecule has 1 fully saturated rings. The van der Waals surface area contributed by atoms with E-state index in [4.69, 9.17) is 10.5 Å². The quantitative estimate of drug-likeness (QED) is 0.784. The van der Waals surface area contributed by atoms with Crippen molar-refractivity contribution in [2.75, 3.05) is 0 Å². The van der Waals surface area contributed by atoms with Crippen LogP contribution >= 0.6 is 0 Å². The van der Waals surface area contributed by atoms with Gasteiger partial charge in [0.25, 0.3) is 0 Å². The van der Waals surface area contributed by atoms with E-state index in [9.17, 15) is 4.79 Å². The van der Waals surface area contributed by atoms with Crippen molar-refractivity contribution < 1.29 is 9.53 Å². The molecule has 1 rings (SSSR count). The third kappa shape index (κ3) is 4.60. The van der Waals surface area contributed by atoms with Crippen LogP contribution < -0.4 is 5.73 Å². The van der Waals surface area contributed by atoms with E-state index < -0.39 is 5.60 Å². The Balaban J connectivity index is 2.60. The second-order valence-corrected chi connectivity index (χ2v) is 6.52. The molecule has 0 spiro atoms. The lowest BCUT2D eigenvalue weighted by molar-refractivity contribution is -0.161. The SMILES string of the molecule is CC[C@H](C(=O)OC(C)(C)C)[C@@H](N)C1CCCCC1. The first-order chi connectivity index (χ1) is 8.35. The lowest BCUT2D eigenvalue weighted by atomic mass is 9.78. The van der Waals surface area contributed by atoms with Crippen LogP contribution in [0.5, 0.6) is 0 Å². The van der Waals surface area contributed by atoms with E-state index in [-0.39, 0.29) is 17.9 Å². The summed E-state index contributed by atoms with van der Waals surface area (Å²) in [5.41, 5.74) is 5.90. The number of hydrogen-bond donors (Lipinski definition) is 1. The molecule has 2 N–H and O–H groups in total.